The van der Waals surface area contributed by atoms with E-state index in [1.54, 1.807) is 29.3 Å². The van der Waals surface area contributed by atoms with Crippen molar-refractivity contribution in [1.29, 1.82) is 0 Å². The van der Waals surface area contributed by atoms with Gasteiger partial charge >= 0.3 is 6.09 Å². The SMILES string of the molecule is COC(=O)N1CCC(Oc2cc(C(=O)NCc3ccc(Cl)cc3)ncc2C2CC2CO)CC1. The highest BCUT2D eigenvalue weighted by molar-refractivity contribution is 6.30. The number of amides is 2. The second-order valence-corrected chi connectivity index (χ2v) is 8.91. The average molecular weight is 474 g/mol. The summed E-state index contributed by atoms with van der Waals surface area (Å²) in [7, 11) is 1.38. The van der Waals surface area contributed by atoms with Crippen LogP contribution < -0.4 is 10.1 Å². The van der Waals surface area contributed by atoms with Gasteiger partial charge in [0, 0.05) is 61.9 Å². The van der Waals surface area contributed by atoms with E-state index in [1.165, 1.54) is 7.11 Å². The van der Waals surface area contributed by atoms with Gasteiger partial charge in [0.1, 0.15) is 17.5 Å². The summed E-state index contributed by atoms with van der Waals surface area (Å²) in [5.41, 5.74) is 2.12. The van der Waals surface area contributed by atoms with Crippen molar-refractivity contribution in [3.8, 4) is 5.75 Å². The molecule has 0 bridgehead atoms. The van der Waals surface area contributed by atoms with E-state index in [2.05, 4.69) is 10.3 Å². The number of rotatable bonds is 7. The molecule has 2 fully saturated rings. The number of hydrogen-bond acceptors (Lipinski definition) is 6. The summed E-state index contributed by atoms with van der Waals surface area (Å²) in [5, 5.41) is 13.0. The lowest BCUT2D eigenvalue weighted by Crippen LogP contribution is -2.41. The highest BCUT2D eigenvalue weighted by Gasteiger charge is 2.40. The molecule has 1 saturated heterocycles. The van der Waals surface area contributed by atoms with Crippen LogP contribution in [0.3, 0.4) is 0 Å². The van der Waals surface area contributed by atoms with E-state index < -0.39 is 0 Å². The quantitative estimate of drug-likeness (QED) is 0.639. The van der Waals surface area contributed by atoms with Gasteiger partial charge in [0.2, 0.25) is 0 Å². The zero-order chi connectivity index (χ0) is 23.4. The van der Waals surface area contributed by atoms with Crippen LogP contribution in [0.25, 0.3) is 0 Å². The van der Waals surface area contributed by atoms with Crippen molar-refractivity contribution in [2.24, 2.45) is 5.92 Å². The van der Waals surface area contributed by atoms with Crippen molar-refractivity contribution in [2.45, 2.75) is 37.8 Å². The Kier molecular flexibility index (Phi) is 7.35. The number of methoxy groups -OCH3 is 1. The molecule has 1 aromatic heterocycles. The molecule has 0 radical (unpaired) electrons. The molecule has 2 atom stereocenters. The van der Waals surface area contributed by atoms with E-state index in [9.17, 15) is 14.7 Å². The minimum atomic E-state index is -0.332. The maximum absolute atomic E-state index is 12.7. The molecule has 176 valence electrons. The number of aliphatic hydroxyl groups excluding tert-OH is 1. The van der Waals surface area contributed by atoms with E-state index in [-0.39, 0.29) is 42.2 Å². The Bertz CT molecular complexity index is 992. The monoisotopic (exact) mass is 473 g/mol. The number of hydrogen-bond donors (Lipinski definition) is 2. The van der Waals surface area contributed by atoms with Crippen molar-refractivity contribution < 1.29 is 24.2 Å². The average Bonchev–Trinajstić information content (AvgIpc) is 3.63. The second-order valence-electron chi connectivity index (χ2n) is 8.48. The lowest BCUT2D eigenvalue weighted by Gasteiger charge is -2.31. The molecular formula is C24H28ClN3O5. The van der Waals surface area contributed by atoms with Crippen molar-refractivity contribution in [3.63, 3.8) is 0 Å². The fourth-order valence-electron chi connectivity index (χ4n) is 4.12. The second kappa shape index (κ2) is 10.4. The third-order valence-electron chi connectivity index (χ3n) is 6.22. The molecule has 8 nitrogen and oxygen atoms in total. The van der Waals surface area contributed by atoms with Gasteiger partial charge in [0.25, 0.3) is 5.91 Å². The minimum absolute atomic E-state index is 0.0802. The summed E-state index contributed by atoms with van der Waals surface area (Å²) in [5.74, 6) is 0.703. The number of benzene rings is 1. The summed E-state index contributed by atoms with van der Waals surface area (Å²) < 4.78 is 11.1. The van der Waals surface area contributed by atoms with E-state index in [4.69, 9.17) is 21.1 Å². The number of nitrogens with zero attached hydrogens (tertiary/aromatic N) is 2. The van der Waals surface area contributed by atoms with Crippen LogP contribution in [0.2, 0.25) is 5.02 Å². The Balaban J connectivity index is 1.45. The number of carbonyl (C=O) groups is 2. The van der Waals surface area contributed by atoms with Crippen molar-refractivity contribution >= 4 is 23.6 Å². The van der Waals surface area contributed by atoms with Gasteiger partial charge in [-0.3, -0.25) is 9.78 Å². The predicted molar refractivity (Wildman–Crippen MR) is 122 cm³/mol. The summed E-state index contributed by atoms with van der Waals surface area (Å²) in [6.45, 7) is 1.57. The number of aromatic nitrogens is 1. The molecule has 1 aliphatic carbocycles. The normalized spacial score (nSPS) is 20.3. The molecule has 2 N–H and O–H groups in total. The number of halogens is 1. The van der Waals surface area contributed by atoms with Crippen LogP contribution in [-0.2, 0) is 11.3 Å². The molecule has 2 aromatic rings. The maximum atomic E-state index is 12.7. The molecule has 2 unspecified atom stereocenters. The fourth-order valence-corrected chi connectivity index (χ4v) is 4.25. The van der Waals surface area contributed by atoms with Crippen LogP contribution in [0.5, 0.6) is 5.75 Å². The van der Waals surface area contributed by atoms with Crippen LogP contribution in [0.15, 0.2) is 36.5 Å². The van der Waals surface area contributed by atoms with Gasteiger partial charge in [-0.1, -0.05) is 23.7 Å². The Labute approximate surface area is 197 Å². The smallest absolute Gasteiger partial charge is 0.409 e. The molecule has 1 aromatic carbocycles. The van der Waals surface area contributed by atoms with Gasteiger partial charge in [0.15, 0.2) is 0 Å². The van der Waals surface area contributed by atoms with Gasteiger partial charge < -0.3 is 24.8 Å². The van der Waals surface area contributed by atoms with Crippen LogP contribution in [-0.4, -0.2) is 59.9 Å². The van der Waals surface area contributed by atoms with E-state index >= 15 is 0 Å². The lowest BCUT2D eigenvalue weighted by atomic mass is 10.1. The van der Waals surface area contributed by atoms with Crippen molar-refractivity contribution in [2.75, 3.05) is 26.8 Å². The third-order valence-corrected chi connectivity index (χ3v) is 6.47. The molecule has 1 aliphatic heterocycles. The molecule has 0 spiro atoms. The van der Waals surface area contributed by atoms with Gasteiger partial charge in [-0.25, -0.2) is 4.79 Å². The van der Waals surface area contributed by atoms with E-state index in [0.717, 1.165) is 17.5 Å². The Morgan fingerprint density at radius 2 is 1.97 bits per heavy atom. The highest BCUT2D eigenvalue weighted by atomic mass is 35.5. The van der Waals surface area contributed by atoms with Gasteiger partial charge in [0.05, 0.1) is 7.11 Å². The molecule has 1 saturated carbocycles. The Morgan fingerprint density at radius 3 is 2.61 bits per heavy atom. The summed E-state index contributed by atoms with van der Waals surface area (Å²) in [6.07, 6.45) is 3.49. The number of piperidine rings is 1. The fraction of sp³-hybridized carbons (Fsp3) is 0.458. The molecule has 2 aliphatic rings. The maximum Gasteiger partial charge on any atom is 0.409 e. The number of likely N-dealkylation sites (tertiary alicyclic amines) is 1. The number of pyridine rings is 1. The van der Waals surface area contributed by atoms with Gasteiger partial charge in [-0.15, -0.1) is 0 Å². The number of nitrogens with one attached hydrogen (secondary N) is 1. The van der Waals surface area contributed by atoms with Gasteiger partial charge in [-0.05, 0) is 36.0 Å². The zero-order valence-electron chi connectivity index (χ0n) is 18.5. The number of aliphatic hydroxyl groups is 1. The largest absolute Gasteiger partial charge is 0.490 e. The van der Waals surface area contributed by atoms with E-state index in [0.29, 0.717) is 43.2 Å². The Hall–Kier alpha value is -2.84. The first-order valence-corrected chi connectivity index (χ1v) is 11.5. The topological polar surface area (TPSA) is 101 Å². The summed E-state index contributed by atoms with van der Waals surface area (Å²) in [6, 6.07) is 8.96. The molecule has 33 heavy (non-hydrogen) atoms. The first kappa shape index (κ1) is 23.3. The highest BCUT2D eigenvalue weighted by Crippen LogP contribution is 2.50. The van der Waals surface area contributed by atoms with E-state index in [1.807, 2.05) is 12.1 Å². The van der Waals surface area contributed by atoms with Crippen LogP contribution in [0.1, 0.15) is 46.8 Å². The first-order valence-electron chi connectivity index (χ1n) is 11.1. The number of carbonyl (C=O) groups excluding carboxylic acids is 2. The minimum Gasteiger partial charge on any atom is -0.490 e. The molecule has 4 rings (SSSR count). The van der Waals surface area contributed by atoms with Crippen molar-refractivity contribution in [3.05, 3.63) is 58.4 Å². The predicted octanol–water partition coefficient (Wildman–Crippen LogP) is 3.37. The van der Waals surface area contributed by atoms with Crippen molar-refractivity contribution in [1.82, 2.24) is 15.2 Å². The zero-order valence-corrected chi connectivity index (χ0v) is 19.3. The standard InChI is InChI=1S/C24H28ClN3O5/c1-32-24(31)28-8-6-18(7-9-28)33-22-11-21(26-13-20(22)19-10-16(19)14-29)23(30)27-12-15-2-4-17(25)5-3-15/h2-5,11,13,16,18-19,29H,6-10,12,14H2,1H3,(H,27,30). The van der Waals surface area contributed by atoms with Crippen LogP contribution >= 0.6 is 11.6 Å². The summed E-state index contributed by atoms with van der Waals surface area (Å²) in [4.78, 5) is 30.5. The molecule has 2 amide bonds. The lowest BCUT2D eigenvalue weighted by molar-refractivity contribution is 0.0782. The molecule has 9 heteroatoms. The molecular weight excluding hydrogens is 446 g/mol. The third kappa shape index (κ3) is 5.75. The Morgan fingerprint density at radius 1 is 1.24 bits per heavy atom. The van der Waals surface area contributed by atoms with Crippen LogP contribution in [0, 0.1) is 5.92 Å². The van der Waals surface area contributed by atoms with Gasteiger partial charge in [-0.2, -0.15) is 0 Å². The first-order chi connectivity index (χ1) is 16.0. The number of ether oxygens (including phenoxy) is 2. The summed E-state index contributed by atoms with van der Waals surface area (Å²) >= 11 is 5.91. The van der Waals surface area contributed by atoms with Crippen LogP contribution in [0.4, 0.5) is 4.79 Å². The molecule has 2 heterocycles.